The first-order chi connectivity index (χ1) is 8.58. The van der Waals surface area contributed by atoms with Crippen molar-refractivity contribution in [2.24, 2.45) is 0 Å². The molecule has 0 bridgehead atoms. The van der Waals surface area contributed by atoms with Crippen LogP contribution in [0.25, 0.3) is 0 Å². The Balaban J connectivity index is 1.88. The maximum absolute atomic E-state index is 12.0. The van der Waals surface area contributed by atoms with Gasteiger partial charge in [0.25, 0.3) is 0 Å². The molecule has 0 unspecified atom stereocenters. The van der Waals surface area contributed by atoms with Gasteiger partial charge in [-0.25, -0.2) is 4.79 Å². The van der Waals surface area contributed by atoms with Gasteiger partial charge < -0.3 is 14.9 Å². The number of rotatable bonds is 2. The number of amides is 2. The predicted octanol–water partition coefficient (Wildman–Crippen LogP) is 1.77. The minimum Gasteiger partial charge on any atom is -0.465 e. The summed E-state index contributed by atoms with van der Waals surface area (Å²) in [6.45, 7) is 1.65. The van der Waals surface area contributed by atoms with Crippen molar-refractivity contribution < 1.29 is 14.7 Å². The van der Waals surface area contributed by atoms with E-state index >= 15 is 0 Å². The van der Waals surface area contributed by atoms with E-state index in [1.54, 1.807) is 4.90 Å². The zero-order valence-electron chi connectivity index (χ0n) is 9.63. The summed E-state index contributed by atoms with van der Waals surface area (Å²) in [6, 6.07) is 1.85. The van der Waals surface area contributed by atoms with Gasteiger partial charge in [-0.2, -0.15) is 0 Å². The molecule has 0 aliphatic carbocycles. The molecule has 1 aromatic rings. The van der Waals surface area contributed by atoms with Gasteiger partial charge in [-0.1, -0.05) is 11.6 Å². The molecular formula is C11H13ClN2O3S. The molecule has 1 aliphatic rings. The van der Waals surface area contributed by atoms with Gasteiger partial charge in [-0.3, -0.25) is 4.79 Å². The van der Waals surface area contributed by atoms with Crippen LogP contribution in [0.5, 0.6) is 0 Å². The van der Waals surface area contributed by atoms with Crippen molar-refractivity contribution in [1.82, 2.24) is 9.80 Å². The van der Waals surface area contributed by atoms with E-state index in [-0.39, 0.29) is 12.3 Å². The van der Waals surface area contributed by atoms with Crippen molar-refractivity contribution in [2.75, 3.05) is 26.2 Å². The highest BCUT2D eigenvalue weighted by atomic mass is 35.5. The van der Waals surface area contributed by atoms with E-state index in [0.717, 1.165) is 5.56 Å². The molecule has 0 spiro atoms. The first-order valence-electron chi connectivity index (χ1n) is 5.55. The lowest BCUT2D eigenvalue weighted by Crippen LogP contribution is -2.50. The van der Waals surface area contributed by atoms with E-state index < -0.39 is 6.09 Å². The van der Waals surface area contributed by atoms with E-state index in [2.05, 4.69) is 0 Å². The topological polar surface area (TPSA) is 60.9 Å². The van der Waals surface area contributed by atoms with Gasteiger partial charge in [-0.05, 0) is 17.0 Å². The van der Waals surface area contributed by atoms with E-state index in [1.165, 1.54) is 16.2 Å². The quantitative estimate of drug-likeness (QED) is 0.902. The number of hydrogen-bond donors (Lipinski definition) is 1. The number of carbonyl (C=O) groups excluding carboxylic acids is 1. The number of carboxylic acid groups (broad SMARTS) is 1. The van der Waals surface area contributed by atoms with Gasteiger partial charge in [-0.15, -0.1) is 11.3 Å². The zero-order chi connectivity index (χ0) is 13.1. The van der Waals surface area contributed by atoms with Crippen LogP contribution < -0.4 is 0 Å². The summed E-state index contributed by atoms with van der Waals surface area (Å²) in [5, 5.41) is 10.7. The van der Waals surface area contributed by atoms with Crippen LogP contribution in [0.2, 0.25) is 4.34 Å². The lowest BCUT2D eigenvalue weighted by Gasteiger charge is -2.33. The number of halogens is 1. The molecule has 18 heavy (non-hydrogen) atoms. The fourth-order valence-electron chi connectivity index (χ4n) is 1.87. The Morgan fingerprint density at radius 3 is 2.39 bits per heavy atom. The molecule has 0 saturated carbocycles. The van der Waals surface area contributed by atoms with Crippen molar-refractivity contribution in [3.63, 3.8) is 0 Å². The second-order valence-electron chi connectivity index (χ2n) is 4.05. The molecule has 1 aromatic heterocycles. The highest BCUT2D eigenvalue weighted by Crippen LogP contribution is 2.23. The molecule has 1 aliphatic heterocycles. The van der Waals surface area contributed by atoms with Crippen LogP contribution in [0.3, 0.4) is 0 Å². The average Bonchev–Trinajstić information content (AvgIpc) is 2.75. The van der Waals surface area contributed by atoms with Crippen LogP contribution in [0.15, 0.2) is 11.4 Å². The van der Waals surface area contributed by atoms with Gasteiger partial charge in [0, 0.05) is 26.2 Å². The maximum Gasteiger partial charge on any atom is 0.407 e. The lowest BCUT2D eigenvalue weighted by atomic mass is 10.2. The van der Waals surface area contributed by atoms with Crippen LogP contribution in [-0.2, 0) is 11.2 Å². The highest BCUT2D eigenvalue weighted by molar-refractivity contribution is 7.14. The van der Waals surface area contributed by atoms with Gasteiger partial charge in [0.1, 0.15) is 0 Å². The summed E-state index contributed by atoms with van der Waals surface area (Å²) >= 11 is 7.36. The summed E-state index contributed by atoms with van der Waals surface area (Å²) < 4.78 is 0.646. The Labute approximate surface area is 114 Å². The Bertz CT molecular complexity index is 455. The van der Waals surface area contributed by atoms with E-state index in [0.29, 0.717) is 30.5 Å². The van der Waals surface area contributed by atoms with E-state index in [4.69, 9.17) is 16.7 Å². The Morgan fingerprint density at radius 2 is 1.89 bits per heavy atom. The lowest BCUT2D eigenvalue weighted by molar-refractivity contribution is -0.132. The number of hydrogen-bond acceptors (Lipinski definition) is 3. The van der Waals surface area contributed by atoms with Gasteiger partial charge in [0.15, 0.2) is 0 Å². The second kappa shape index (κ2) is 5.58. The SMILES string of the molecule is O=C(O)N1CCN(C(=O)Cc2ccsc2Cl)CC1. The smallest absolute Gasteiger partial charge is 0.407 e. The minimum atomic E-state index is -0.928. The van der Waals surface area contributed by atoms with Crippen LogP contribution >= 0.6 is 22.9 Å². The molecule has 1 saturated heterocycles. The van der Waals surface area contributed by atoms with Crippen LogP contribution in [0, 0.1) is 0 Å². The molecule has 1 fully saturated rings. The summed E-state index contributed by atoms with van der Waals surface area (Å²) in [7, 11) is 0. The number of carbonyl (C=O) groups is 2. The molecule has 2 rings (SSSR count). The zero-order valence-corrected chi connectivity index (χ0v) is 11.2. The fraction of sp³-hybridized carbons (Fsp3) is 0.455. The Kier molecular flexibility index (Phi) is 4.08. The first-order valence-corrected chi connectivity index (χ1v) is 6.81. The van der Waals surface area contributed by atoms with E-state index in [1.807, 2.05) is 11.4 Å². The molecule has 2 heterocycles. The van der Waals surface area contributed by atoms with E-state index in [9.17, 15) is 9.59 Å². The third-order valence-corrected chi connectivity index (χ3v) is 4.19. The Hall–Kier alpha value is -1.27. The normalized spacial score (nSPS) is 15.8. The molecule has 0 aromatic carbocycles. The number of thiophene rings is 1. The third kappa shape index (κ3) is 2.94. The van der Waals surface area contributed by atoms with Gasteiger partial charge >= 0.3 is 6.09 Å². The average molecular weight is 289 g/mol. The van der Waals surface area contributed by atoms with Crippen LogP contribution in [-0.4, -0.2) is 53.1 Å². The molecule has 0 radical (unpaired) electrons. The monoisotopic (exact) mass is 288 g/mol. The van der Waals surface area contributed by atoms with Gasteiger partial charge in [0.05, 0.1) is 10.8 Å². The summed E-state index contributed by atoms with van der Waals surface area (Å²) in [4.78, 5) is 25.7. The molecule has 5 nitrogen and oxygen atoms in total. The summed E-state index contributed by atoms with van der Waals surface area (Å²) in [5.74, 6) is 0.000314. The first kappa shape index (κ1) is 13.2. The molecule has 1 N–H and O–H groups in total. The molecule has 0 atom stereocenters. The fourth-order valence-corrected chi connectivity index (χ4v) is 2.79. The molecule has 2 amide bonds. The van der Waals surface area contributed by atoms with Crippen molar-refractivity contribution in [3.8, 4) is 0 Å². The molecular weight excluding hydrogens is 276 g/mol. The summed E-state index contributed by atoms with van der Waals surface area (Å²) in [6.07, 6.45) is -0.641. The van der Waals surface area contributed by atoms with Crippen molar-refractivity contribution in [1.29, 1.82) is 0 Å². The summed E-state index contributed by atoms with van der Waals surface area (Å²) in [5.41, 5.74) is 0.840. The molecule has 7 heteroatoms. The standard InChI is InChI=1S/C11H13ClN2O3S/c12-10-8(1-6-18-10)7-9(15)13-2-4-14(5-3-13)11(16)17/h1,6H,2-5,7H2,(H,16,17). The predicted molar refractivity (Wildman–Crippen MR) is 69.2 cm³/mol. The Morgan fingerprint density at radius 1 is 1.28 bits per heavy atom. The molecule has 98 valence electrons. The second-order valence-corrected chi connectivity index (χ2v) is 5.56. The third-order valence-electron chi connectivity index (χ3n) is 2.94. The van der Waals surface area contributed by atoms with Crippen LogP contribution in [0.1, 0.15) is 5.56 Å². The van der Waals surface area contributed by atoms with Crippen molar-refractivity contribution in [3.05, 3.63) is 21.3 Å². The highest BCUT2D eigenvalue weighted by Gasteiger charge is 2.24. The number of nitrogens with zero attached hydrogens (tertiary/aromatic N) is 2. The van der Waals surface area contributed by atoms with Crippen molar-refractivity contribution >= 4 is 34.9 Å². The maximum atomic E-state index is 12.0. The van der Waals surface area contributed by atoms with Crippen LogP contribution in [0.4, 0.5) is 4.79 Å². The van der Waals surface area contributed by atoms with Crippen molar-refractivity contribution in [2.45, 2.75) is 6.42 Å². The largest absolute Gasteiger partial charge is 0.465 e. The number of piperazine rings is 1. The van der Waals surface area contributed by atoms with Gasteiger partial charge in [0.2, 0.25) is 5.91 Å². The minimum absolute atomic E-state index is 0.000314.